The van der Waals surface area contributed by atoms with Crippen molar-refractivity contribution in [2.75, 3.05) is 13.1 Å². The maximum Gasteiger partial charge on any atom is 0.233 e. The summed E-state index contributed by atoms with van der Waals surface area (Å²) in [6, 6.07) is 0.350. The van der Waals surface area contributed by atoms with Gasteiger partial charge in [0.1, 0.15) is 5.78 Å². The Kier molecular flexibility index (Phi) is 13.5. The molecule has 0 rings (SSSR count). The van der Waals surface area contributed by atoms with Crippen molar-refractivity contribution in [3.63, 3.8) is 0 Å². The molecule has 4 nitrogen and oxygen atoms in total. The second-order valence-electron chi connectivity index (χ2n) is 6.00. The number of amides is 1. The first kappa shape index (κ1) is 20.1. The number of unbranched alkanes of at least 4 members (excludes halogenated alkanes) is 6. The Morgan fingerprint density at radius 1 is 0.952 bits per heavy atom. The van der Waals surface area contributed by atoms with Gasteiger partial charge < -0.3 is 10.6 Å². The molecular weight excluding hydrogens is 264 g/mol. The molecule has 0 spiro atoms. The lowest BCUT2D eigenvalue weighted by molar-refractivity contribution is -0.120. The monoisotopic (exact) mass is 302 g/mol. The molecule has 0 fully saturated rings. The molecule has 0 aliphatic heterocycles. The van der Waals surface area contributed by atoms with Crippen LogP contribution in [0.1, 0.15) is 81.4 Å². The van der Waals surface area contributed by atoms with E-state index in [0.29, 0.717) is 24.8 Å². The molecule has 0 radical (unpaired) electrons. The van der Waals surface area contributed by atoms with Crippen molar-refractivity contribution in [1.82, 2.24) is 10.6 Å². The van der Waals surface area contributed by atoms with Crippen LogP contribution >= 0.6 is 0 Å². The van der Waals surface area contributed by atoms with Gasteiger partial charge in [-0.1, -0.05) is 52.9 Å². The van der Waals surface area contributed by atoms with Crippen LogP contribution in [0.25, 0.3) is 0 Å². The summed E-state index contributed by atoms with van der Waals surface area (Å²) < 4.78 is 0. The molecule has 0 aromatic heterocycles. The minimum Gasteiger partial charge on any atom is -0.355 e. The molecule has 2 N–H and O–H groups in total. The maximum atomic E-state index is 11.4. The van der Waals surface area contributed by atoms with E-state index in [0.717, 1.165) is 25.8 Å². The molecule has 4 heteroatoms. The summed E-state index contributed by atoms with van der Waals surface area (Å²) in [6.07, 6.45) is 9.57. The van der Waals surface area contributed by atoms with Gasteiger partial charge in [0.15, 0.2) is 0 Å². The Balaban J connectivity index is -0.00000200. The first-order valence-corrected chi connectivity index (χ1v) is 8.58. The average molecular weight is 303 g/mol. The third kappa shape index (κ3) is 15.3. The van der Waals surface area contributed by atoms with Crippen molar-refractivity contribution in [1.29, 1.82) is 0 Å². The molecule has 0 bridgehead atoms. The smallest absolute Gasteiger partial charge is 0.233 e. The SMILES string of the molecule is CCC(=O)CCCCCCCCCNC(=O)CNC(C)C.[HH].[HH]. The summed E-state index contributed by atoms with van der Waals surface area (Å²) in [4.78, 5) is 22.6. The number of ketones is 1. The van der Waals surface area contributed by atoms with Gasteiger partial charge in [-0.2, -0.15) is 0 Å². The van der Waals surface area contributed by atoms with Gasteiger partial charge in [0, 0.05) is 28.3 Å². The van der Waals surface area contributed by atoms with Crippen LogP contribution in [0.5, 0.6) is 0 Å². The maximum absolute atomic E-state index is 11.4. The number of Topliss-reactive ketones (excluding diaryl/α,β-unsaturated/α-hetero) is 1. The topological polar surface area (TPSA) is 58.2 Å². The van der Waals surface area contributed by atoms with Gasteiger partial charge in [-0.15, -0.1) is 0 Å². The Labute approximate surface area is 133 Å². The summed E-state index contributed by atoms with van der Waals surface area (Å²) in [6.45, 7) is 7.19. The van der Waals surface area contributed by atoms with Crippen LogP contribution in [-0.4, -0.2) is 30.8 Å². The fraction of sp³-hybridized carbons (Fsp3) is 0.882. The summed E-state index contributed by atoms with van der Waals surface area (Å²) in [5, 5.41) is 6.03. The highest BCUT2D eigenvalue weighted by Gasteiger charge is 2.01. The molecule has 0 heterocycles. The Morgan fingerprint density at radius 2 is 1.52 bits per heavy atom. The van der Waals surface area contributed by atoms with E-state index in [-0.39, 0.29) is 8.76 Å². The first-order valence-electron chi connectivity index (χ1n) is 8.58. The van der Waals surface area contributed by atoms with E-state index < -0.39 is 0 Å². The zero-order valence-corrected chi connectivity index (χ0v) is 14.2. The van der Waals surface area contributed by atoms with E-state index in [1.165, 1.54) is 32.1 Å². The van der Waals surface area contributed by atoms with Crippen LogP contribution < -0.4 is 10.6 Å². The minimum atomic E-state index is 0. The second kappa shape index (κ2) is 14.1. The highest BCUT2D eigenvalue weighted by Crippen LogP contribution is 2.09. The first-order chi connectivity index (χ1) is 10.1. The number of carbonyl (C=O) groups is 2. The zero-order chi connectivity index (χ0) is 15.9. The van der Waals surface area contributed by atoms with E-state index in [1.807, 2.05) is 20.8 Å². The molecule has 0 unspecified atom stereocenters. The number of rotatable bonds is 14. The van der Waals surface area contributed by atoms with Gasteiger partial charge in [0.2, 0.25) is 5.91 Å². The van der Waals surface area contributed by atoms with Gasteiger partial charge in [-0.25, -0.2) is 0 Å². The predicted molar refractivity (Wildman–Crippen MR) is 92.6 cm³/mol. The Bertz CT molecular complexity index is 288. The van der Waals surface area contributed by atoms with Crippen molar-refractivity contribution in [3.05, 3.63) is 0 Å². The van der Waals surface area contributed by atoms with E-state index in [9.17, 15) is 9.59 Å². The summed E-state index contributed by atoms with van der Waals surface area (Å²) in [5.41, 5.74) is 0. The number of hydrogen-bond acceptors (Lipinski definition) is 3. The average Bonchev–Trinajstić information content (AvgIpc) is 2.46. The molecule has 0 saturated carbocycles. The van der Waals surface area contributed by atoms with Crippen LogP contribution in [0.3, 0.4) is 0 Å². The van der Waals surface area contributed by atoms with Crippen molar-refractivity contribution in [2.24, 2.45) is 0 Å². The lowest BCUT2D eigenvalue weighted by Gasteiger charge is -2.08. The van der Waals surface area contributed by atoms with Gasteiger partial charge in [0.05, 0.1) is 6.54 Å². The van der Waals surface area contributed by atoms with E-state index in [4.69, 9.17) is 0 Å². The fourth-order valence-electron chi connectivity index (χ4n) is 2.09. The zero-order valence-electron chi connectivity index (χ0n) is 14.2. The van der Waals surface area contributed by atoms with Gasteiger partial charge >= 0.3 is 0 Å². The predicted octanol–water partition coefficient (Wildman–Crippen LogP) is 3.69. The molecule has 0 saturated heterocycles. The van der Waals surface area contributed by atoms with Crippen molar-refractivity contribution >= 4 is 11.7 Å². The Morgan fingerprint density at radius 3 is 2.10 bits per heavy atom. The van der Waals surface area contributed by atoms with Gasteiger partial charge in [-0.05, 0) is 12.8 Å². The molecule has 0 atom stereocenters. The lowest BCUT2D eigenvalue weighted by atomic mass is 10.1. The van der Waals surface area contributed by atoms with Crippen LogP contribution in [0.4, 0.5) is 0 Å². The van der Waals surface area contributed by atoms with Gasteiger partial charge in [0.25, 0.3) is 0 Å². The van der Waals surface area contributed by atoms with E-state index >= 15 is 0 Å². The summed E-state index contributed by atoms with van der Waals surface area (Å²) >= 11 is 0. The lowest BCUT2D eigenvalue weighted by Crippen LogP contribution is -2.37. The largest absolute Gasteiger partial charge is 0.355 e. The molecule has 1 amide bonds. The third-order valence-electron chi connectivity index (χ3n) is 3.52. The quantitative estimate of drug-likeness (QED) is 0.481. The summed E-state index contributed by atoms with van der Waals surface area (Å²) in [5.74, 6) is 0.474. The number of nitrogens with one attached hydrogen (secondary N) is 2. The molecule has 0 aliphatic rings. The fourth-order valence-corrected chi connectivity index (χ4v) is 2.09. The van der Waals surface area contributed by atoms with E-state index in [2.05, 4.69) is 10.6 Å². The van der Waals surface area contributed by atoms with E-state index in [1.54, 1.807) is 0 Å². The Hall–Kier alpha value is -0.900. The normalized spacial score (nSPS) is 10.9. The summed E-state index contributed by atoms with van der Waals surface area (Å²) in [7, 11) is 0. The standard InChI is InChI=1S/C17H34N2O2.2H2/c1-4-16(20)12-10-8-6-5-7-9-11-13-18-17(21)14-19-15(2)3;;/h15,19H,4-14H2,1-3H3,(H,18,21);2*1H. The number of carbonyl (C=O) groups excluding carboxylic acids is 2. The highest BCUT2D eigenvalue weighted by molar-refractivity contribution is 5.78. The number of hydrogen-bond donors (Lipinski definition) is 2. The second-order valence-corrected chi connectivity index (χ2v) is 6.00. The third-order valence-corrected chi connectivity index (χ3v) is 3.52. The van der Waals surface area contributed by atoms with Crippen LogP contribution in [0.2, 0.25) is 0 Å². The van der Waals surface area contributed by atoms with Crippen LogP contribution in [0.15, 0.2) is 0 Å². The van der Waals surface area contributed by atoms with Crippen LogP contribution in [0, 0.1) is 0 Å². The molecule has 128 valence electrons. The van der Waals surface area contributed by atoms with Crippen molar-refractivity contribution in [2.45, 2.75) is 84.6 Å². The van der Waals surface area contributed by atoms with Crippen molar-refractivity contribution in [3.8, 4) is 0 Å². The molecule has 0 aromatic rings. The highest BCUT2D eigenvalue weighted by atomic mass is 16.2. The van der Waals surface area contributed by atoms with Crippen LogP contribution in [-0.2, 0) is 9.59 Å². The minimum absolute atomic E-state index is 0. The molecule has 21 heavy (non-hydrogen) atoms. The molecule has 0 aromatic carbocycles. The van der Waals surface area contributed by atoms with Crippen molar-refractivity contribution < 1.29 is 12.4 Å². The van der Waals surface area contributed by atoms with Gasteiger partial charge in [-0.3, -0.25) is 9.59 Å². The molecule has 0 aliphatic carbocycles. The molecular formula is C17H38N2O2.